The van der Waals surface area contributed by atoms with E-state index in [1.807, 2.05) is 73.5 Å². The summed E-state index contributed by atoms with van der Waals surface area (Å²) < 4.78 is 76.1. The number of benzene rings is 8. The van der Waals surface area contributed by atoms with Gasteiger partial charge in [-0.05, 0) is 113 Å². The third-order valence-electron chi connectivity index (χ3n) is 12.6. The van der Waals surface area contributed by atoms with Crippen molar-refractivity contribution in [3.63, 3.8) is 0 Å². The Morgan fingerprint density at radius 1 is 0.696 bits per heavy atom. The van der Waals surface area contributed by atoms with Crippen molar-refractivity contribution < 1.29 is 36.8 Å². The van der Waals surface area contributed by atoms with Crippen LogP contribution in [0.5, 0.6) is 5.75 Å². The Balaban J connectivity index is 0.00000672. The summed E-state index contributed by atoms with van der Waals surface area (Å²) in [6.07, 6.45) is 3.68. The molecule has 11 rings (SSSR count). The van der Waals surface area contributed by atoms with E-state index < -0.39 is 25.0 Å². The number of rotatable bonds is 14. The van der Waals surface area contributed by atoms with E-state index >= 15 is 0 Å². The fourth-order valence-electron chi connectivity index (χ4n) is 9.48. The molecule has 6 heteroatoms. The number of nitrogens with zero attached hydrogens (tertiary/aromatic N) is 4. The molecular weight excluding hydrogens is 1020 g/mol. The normalized spacial score (nSPS) is 14.0. The van der Waals surface area contributed by atoms with Crippen LogP contribution in [0.25, 0.3) is 61.0 Å². The van der Waals surface area contributed by atoms with Crippen LogP contribution in [0.4, 0.5) is 17.1 Å². The summed E-state index contributed by atoms with van der Waals surface area (Å²) in [5.41, 5.74) is 12.0. The summed E-state index contributed by atoms with van der Waals surface area (Å²) in [7, 11) is 0. The van der Waals surface area contributed by atoms with Gasteiger partial charge in [-0.3, -0.25) is 0 Å². The quantitative estimate of drug-likeness (QED) is 0.102. The Bertz CT molecular complexity index is 3780. The Morgan fingerprint density at radius 2 is 1.46 bits per heavy atom. The van der Waals surface area contributed by atoms with E-state index in [1.165, 1.54) is 11.6 Å². The molecular formula is C63H53N4OPt-3. The third-order valence-corrected chi connectivity index (χ3v) is 12.6. The molecule has 8 aromatic carbocycles. The molecule has 0 radical (unpaired) electrons. The number of para-hydroxylation sites is 2. The Hall–Kier alpha value is -7.20. The van der Waals surface area contributed by atoms with Crippen molar-refractivity contribution in [2.75, 3.05) is 16.3 Å². The summed E-state index contributed by atoms with van der Waals surface area (Å²) in [6.45, 7) is 4.75. The van der Waals surface area contributed by atoms with Crippen LogP contribution in [0.1, 0.15) is 53.5 Å². The van der Waals surface area contributed by atoms with E-state index in [0.717, 1.165) is 78.9 Å². The molecule has 0 amide bonds. The van der Waals surface area contributed by atoms with Gasteiger partial charge in [-0.25, -0.2) is 4.98 Å². The van der Waals surface area contributed by atoms with Crippen LogP contribution in [0.15, 0.2) is 194 Å². The standard InChI is InChI=1S/C63H53N4O.Pt/c1-44(2)36-51-39-63(64-41-58(51)49-24-11-6-12-25-49)67-59-34-31-50(47-20-7-4-8-21-47)38-57(59)56-33-32-53(40-62(56)67)68-42-46-19-16-26-52(37-46)66-43-65(60-29-13-14-30-61(60)66)35-17-28-54-45(3)18-15-27-55(54)48-22-9-5-10-23-48;/h4-16,18-27,29-34,38-39,41,43-44H,17,28,35-36,42H2,1-3H3;/q-3;/i3D3,5D,9D,10D,22D,23D;. The first-order valence-corrected chi connectivity index (χ1v) is 23.2. The van der Waals surface area contributed by atoms with E-state index in [0.29, 0.717) is 35.8 Å². The predicted molar refractivity (Wildman–Crippen MR) is 282 cm³/mol. The third kappa shape index (κ3) is 9.37. The Labute approximate surface area is 432 Å². The second-order valence-electron chi connectivity index (χ2n) is 17.6. The van der Waals surface area contributed by atoms with Crippen molar-refractivity contribution in [2.45, 2.75) is 46.6 Å². The van der Waals surface area contributed by atoms with Gasteiger partial charge in [0, 0.05) is 59.6 Å². The van der Waals surface area contributed by atoms with Gasteiger partial charge in [-0.1, -0.05) is 153 Å². The largest absolute Gasteiger partial charge is 0.517 e. The second kappa shape index (κ2) is 20.2. The summed E-state index contributed by atoms with van der Waals surface area (Å²) in [6, 6.07) is 57.7. The monoisotopic (exact) mass is 1080 g/mol. The fourth-order valence-corrected chi connectivity index (χ4v) is 9.48. The fraction of sp³-hybridized carbons (Fsp3) is 0.143. The molecule has 0 unspecified atom stereocenters. The van der Waals surface area contributed by atoms with Crippen LogP contribution in [0.3, 0.4) is 0 Å². The average Bonchev–Trinajstić information content (AvgIpc) is 4.07. The molecule has 0 bridgehead atoms. The molecule has 0 fully saturated rings. The van der Waals surface area contributed by atoms with Crippen LogP contribution in [-0.4, -0.2) is 16.1 Å². The average molecular weight is 1090 g/mol. The SMILES string of the molecule is [2H]c1c([2H])c([2H])c(-c2cccc(C([2H])([2H])[2H])c2CCCN2[CH-]N(c3[c-]c(COc4[c-]c5c(cc4)c4cc(-c6ccccc6)ccc4n5-c4cc(CC(C)C)c(-c5ccccc5)cn4)ccc3)c3ccccc32)c([2H])c1[2H].[Pt]. The molecule has 0 atom stereocenters. The first-order valence-electron chi connectivity index (χ1n) is 27.2. The molecule has 0 N–H and O–H groups in total. The van der Waals surface area contributed by atoms with Gasteiger partial charge < -0.3 is 19.1 Å². The molecule has 1 aliphatic rings. The van der Waals surface area contributed by atoms with Crippen LogP contribution in [-0.2, 0) is 40.5 Å². The summed E-state index contributed by atoms with van der Waals surface area (Å²) in [5, 5.41) is 2.13. The molecule has 0 saturated carbocycles. The van der Waals surface area contributed by atoms with Crippen LogP contribution in [0, 0.1) is 31.6 Å². The zero-order chi connectivity index (χ0) is 52.8. The Morgan fingerprint density at radius 3 is 2.26 bits per heavy atom. The van der Waals surface area contributed by atoms with Gasteiger partial charge in [0.1, 0.15) is 5.82 Å². The van der Waals surface area contributed by atoms with Gasteiger partial charge in [-0.15, -0.1) is 28.8 Å². The van der Waals surface area contributed by atoms with Crippen molar-refractivity contribution in [3.05, 3.63) is 235 Å². The number of hydrogen-bond donors (Lipinski definition) is 0. The topological polar surface area (TPSA) is 33.5 Å². The maximum absolute atomic E-state index is 8.69. The van der Waals surface area contributed by atoms with Crippen molar-refractivity contribution >= 4 is 38.9 Å². The van der Waals surface area contributed by atoms with E-state index in [9.17, 15) is 0 Å². The number of hydrogen-bond acceptors (Lipinski definition) is 4. The maximum atomic E-state index is 8.69. The first-order chi connectivity index (χ1) is 36.7. The first kappa shape index (κ1) is 36.8. The number of ether oxygens (including phenoxy) is 1. The summed E-state index contributed by atoms with van der Waals surface area (Å²) in [5.74, 6) is 1.83. The van der Waals surface area contributed by atoms with Crippen molar-refractivity contribution in [1.29, 1.82) is 0 Å². The van der Waals surface area contributed by atoms with E-state index in [2.05, 4.69) is 119 Å². The number of aromatic nitrogens is 2. The molecule has 0 aliphatic carbocycles. The molecule has 3 heterocycles. The molecule has 344 valence electrons. The number of aryl methyl sites for hydroxylation is 1. The minimum atomic E-state index is -2.49. The zero-order valence-electron chi connectivity index (χ0n) is 46.3. The zero-order valence-corrected chi connectivity index (χ0v) is 40.6. The maximum Gasteiger partial charge on any atom is 0.135 e. The van der Waals surface area contributed by atoms with Gasteiger partial charge in [-0.2, -0.15) is 37.0 Å². The van der Waals surface area contributed by atoms with Crippen LogP contribution >= 0.6 is 0 Å². The molecule has 2 aromatic heterocycles. The van der Waals surface area contributed by atoms with E-state index in [-0.39, 0.29) is 57.3 Å². The van der Waals surface area contributed by atoms with Crippen molar-refractivity contribution in [3.8, 4) is 44.9 Å². The van der Waals surface area contributed by atoms with Crippen molar-refractivity contribution in [1.82, 2.24) is 9.55 Å². The van der Waals surface area contributed by atoms with E-state index in [1.54, 1.807) is 12.1 Å². The minimum absolute atomic E-state index is 0. The predicted octanol–water partition coefficient (Wildman–Crippen LogP) is 15.6. The second-order valence-corrected chi connectivity index (χ2v) is 17.6. The van der Waals surface area contributed by atoms with Crippen molar-refractivity contribution in [2.24, 2.45) is 5.92 Å². The number of pyridine rings is 1. The smallest absolute Gasteiger partial charge is 0.135 e. The van der Waals surface area contributed by atoms with Gasteiger partial charge in [0.15, 0.2) is 0 Å². The molecule has 0 spiro atoms. The summed E-state index contributed by atoms with van der Waals surface area (Å²) >= 11 is 0. The molecule has 69 heavy (non-hydrogen) atoms. The Kier molecular flexibility index (Phi) is 10.8. The van der Waals surface area contributed by atoms with Crippen LogP contribution in [0.2, 0.25) is 0 Å². The van der Waals surface area contributed by atoms with Gasteiger partial charge in [0.25, 0.3) is 0 Å². The molecule has 5 nitrogen and oxygen atoms in total. The van der Waals surface area contributed by atoms with Gasteiger partial charge >= 0.3 is 0 Å². The van der Waals surface area contributed by atoms with Gasteiger partial charge in [0.05, 0.1) is 13.5 Å². The summed E-state index contributed by atoms with van der Waals surface area (Å²) in [4.78, 5) is 9.35. The minimum Gasteiger partial charge on any atom is -0.517 e. The van der Waals surface area contributed by atoms with E-state index in [4.69, 9.17) is 20.7 Å². The molecule has 0 saturated heterocycles. The van der Waals surface area contributed by atoms with Crippen LogP contribution < -0.4 is 14.5 Å². The van der Waals surface area contributed by atoms with Gasteiger partial charge in [0.2, 0.25) is 0 Å². The number of fused-ring (bicyclic) bond motifs is 4. The number of anilines is 3. The molecule has 1 aliphatic heterocycles. The molecule has 10 aromatic rings.